The van der Waals surface area contributed by atoms with Crippen LogP contribution in [0.1, 0.15) is 17.4 Å². The van der Waals surface area contributed by atoms with E-state index in [9.17, 15) is 4.79 Å². The van der Waals surface area contributed by atoms with Crippen LogP contribution in [0.5, 0.6) is 6.01 Å². The smallest absolute Gasteiger partial charge is 0.357 e. The first-order chi connectivity index (χ1) is 6.63. The maximum Gasteiger partial charge on any atom is 0.357 e. The largest absolute Gasteiger partial charge is 0.464 e. The van der Waals surface area contributed by atoms with Gasteiger partial charge >= 0.3 is 5.97 Å². The lowest BCUT2D eigenvalue weighted by molar-refractivity contribution is 0.0587. The Morgan fingerprint density at radius 3 is 3.14 bits per heavy atom. The van der Waals surface area contributed by atoms with Crippen molar-refractivity contribution in [3.63, 3.8) is 0 Å². The first-order valence-corrected chi connectivity index (χ1v) is 4.93. The van der Waals surface area contributed by atoms with Crippen LogP contribution in [-0.4, -0.2) is 28.7 Å². The van der Waals surface area contributed by atoms with Gasteiger partial charge in [-0.3, -0.25) is 4.57 Å². The van der Waals surface area contributed by atoms with Crippen molar-refractivity contribution in [1.29, 1.82) is 0 Å². The minimum Gasteiger partial charge on any atom is -0.464 e. The molecule has 0 spiro atoms. The molecule has 1 aromatic rings. The zero-order chi connectivity index (χ0) is 10.3. The Balaban J connectivity index is 2.46. The highest BCUT2D eigenvalue weighted by molar-refractivity contribution is 9.10. The molecule has 5 nitrogen and oxygen atoms in total. The van der Waals surface area contributed by atoms with Crippen LogP contribution in [0.15, 0.2) is 4.60 Å². The van der Waals surface area contributed by atoms with Crippen LogP contribution >= 0.6 is 15.9 Å². The highest BCUT2D eigenvalue weighted by atomic mass is 79.9. The summed E-state index contributed by atoms with van der Waals surface area (Å²) in [5.74, 6) is -0.409. The van der Waals surface area contributed by atoms with Gasteiger partial charge in [0.1, 0.15) is 10.7 Å². The van der Waals surface area contributed by atoms with Crippen molar-refractivity contribution in [3.05, 3.63) is 10.3 Å². The van der Waals surface area contributed by atoms with Crippen molar-refractivity contribution in [2.45, 2.75) is 19.6 Å². The molecule has 1 aliphatic heterocycles. The van der Waals surface area contributed by atoms with E-state index < -0.39 is 5.97 Å². The number of methoxy groups -OCH3 is 1. The van der Waals surface area contributed by atoms with Crippen LogP contribution in [0.3, 0.4) is 0 Å². The second kappa shape index (κ2) is 3.27. The maximum absolute atomic E-state index is 11.4. The molecule has 0 saturated carbocycles. The molecule has 76 valence electrons. The number of rotatable bonds is 1. The van der Waals surface area contributed by atoms with Crippen LogP contribution in [0.2, 0.25) is 0 Å². The van der Waals surface area contributed by atoms with E-state index in [1.165, 1.54) is 7.11 Å². The molecule has 1 aromatic heterocycles. The van der Waals surface area contributed by atoms with Crippen molar-refractivity contribution >= 4 is 21.9 Å². The molecule has 0 aliphatic carbocycles. The number of fused-ring (bicyclic) bond motifs is 1. The minimum atomic E-state index is -0.409. The Morgan fingerprint density at radius 1 is 1.79 bits per heavy atom. The van der Waals surface area contributed by atoms with Gasteiger partial charge in [0, 0.05) is 0 Å². The molecule has 1 atom stereocenters. The summed E-state index contributed by atoms with van der Waals surface area (Å²) in [6, 6.07) is 0.463. The lowest BCUT2D eigenvalue weighted by Gasteiger charge is -2.02. The number of imidazole rings is 1. The predicted molar refractivity (Wildman–Crippen MR) is 51.4 cm³/mol. The van der Waals surface area contributed by atoms with Gasteiger partial charge in [0.15, 0.2) is 5.69 Å². The highest BCUT2D eigenvalue weighted by Gasteiger charge is 2.29. The molecule has 0 fully saturated rings. The van der Waals surface area contributed by atoms with Gasteiger partial charge in [-0.15, -0.1) is 0 Å². The standard InChI is InChI=1S/C8H9BrN2O3/c1-4-3-11-5(7(12)13-2)6(9)10-8(11)14-4/h4H,3H2,1-2H3. The Morgan fingerprint density at radius 2 is 2.50 bits per heavy atom. The fraction of sp³-hybridized carbons (Fsp3) is 0.500. The van der Waals surface area contributed by atoms with E-state index in [0.29, 0.717) is 22.9 Å². The van der Waals surface area contributed by atoms with Gasteiger partial charge in [0.05, 0.1) is 13.7 Å². The van der Waals surface area contributed by atoms with Crippen molar-refractivity contribution in [3.8, 4) is 6.01 Å². The average molecular weight is 261 g/mol. The van der Waals surface area contributed by atoms with Gasteiger partial charge in [-0.2, -0.15) is 4.98 Å². The first kappa shape index (κ1) is 9.51. The molecule has 1 aliphatic rings. The molecule has 0 bridgehead atoms. The van der Waals surface area contributed by atoms with Gasteiger partial charge < -0.3 is 9.47 Å². The summed E-state index contributed by atoms with van der Waals surface area (Å²) in [6.07, 6.45) is 0.0500. The number of carbonyl (C=O) groups excluding carboxylic acids is 1. The quantitative estimate of drug-likeness (QED) is 0.713. The van der Waals surface area contributed by atoms with E-state index in [-0.39, 0.29) is 6.10 Å². The van der Waals surface area contributed by atoms with Crippen molar-refractivity contribution in [1.82, 2.24) is 9.55 Å². The van der Waals surface area contributed by atoms with Gasteiger partial charge in [-0.1, -0.05) is 0 Å². The second-order valence-corrected chi connectivity index (χ2v) is 3.82. The van der Waals surface area contributed by atoms with Crippen molar-refractivity contribution in [2.75, 3.05) is 7.11 Å². The monoisotopic (exact) mass is 260 g/mol. The number of hydrogen-bond acceptors (Lipinski definition) is 4. The lowest BCUT2D eigenvalue weighted by atomic mass is 10.4. The number of nitrogens with zero attached hydrogens (tertiary/aromatic N) is 2. The van der Waals surface area contributed by atoms with Crippen LogP contribution in [0.25, 0.3) is 0 Å². The number of hydrogen-bond donors (Lipinski definition) is 0. The zero-order valence-corrected chi connectivity index (χ0v) is 9.37. The molecule has 14 heavy (non-hydrogen) atoms. The summed E-state index contributed by atoms with van der Waals surface area (Å²) >= 11 is 3.19. The van der Waals surface area contributed by atoms with E-state index in [4.69, 9.17) is 4.74 Å². The van der Waals surface area contributed by atoms with Crippen LogP contribution in [0.4, 0.5) is 0 Å². The van der Waals surface area contributed by atoms with Crippen LogP contribution in [-0.2, 0) is 11.3 Å². The summed E-state index contributed by atoms with van der Waals surface area (Å²) in [6.45, 7) is 2.54. The van der Waals surface area contributed by atoms with E-state index in [2.05, 4.69) is 25.7 Å². The van der Waals surface area contributed by atoms with E-state index in [0.717, 1.165) is 0 Å². The summed E-state index contributed by atoms with van der Waals surface area (Å²) in [5, 5.41) is 0. The molecule has 2 heterocycles. The normalized spacial score (nSPS) is 18.9. The predicted octanol–water partition coefficient (Wildman–Crippen LogP) is 1.21. The SMILES string of the molecule is COC(=O)c1c(Br)nc2n1CC(C)O2. The Hall–Kier alpha value is -1.04. The summed E-state index contributed by atoms with van der Waals surface area (Å²) in [4.78, 5) is 15.5. The molecular weight excluding hydrogens is 252 g/mol. The molecule has 2 rings (SSSR count). The van der Waals surface area contributed by atoms with Gasteiger partial charge in [-0.05, 0) is 22.9 Å². The maximum atomic E-state index is 11.4. The average Bonchev–Trinajstić information content (AvgIpc) is 2.58. The van der Waals surface area contributed by atoms with Gasteiger partial charge in [0.2, 0.25) is 0 Å². The molecule has 0 amide bonds. The third kappa shape index (κ3) is 1.30. The summed E-state index contributed by atoms with van der Waals surface area (Å²) < 4.78 is 12.2. The number of carbonyl (C=O) groups is 1. The highest BCUT2D eigenvalue weighted by Crippen LogP contribution is 2.28. The number of esters is 1. The van der Waals surface area contributed by atoms with Crippen molar-refractivity contribution in [2.24, 2.45) is 0 Å². The van der Waals surface area contributed by atoms with E-state index in [1.54, 1.807) is 4.57 Å². The molecule has 0 N–H and O–H groups in total. The van der Waals surface area contributed by atoms with Gasteiger partial charge in [0.25, 0.3) is 6.01 Å². The Labute approximate surface area is 89.1 Å². The third-order valence-corrected chi connectivity index (χ3v) is 2.57. The molecular formula is C8H9BrN2O3. The fourth-order valence-electron chi connectivity index (χ4n) is 1.43. The minimum absolute atomic E-state index is 0.0500. The van der Waals surface area contributed by atoms with Crippen LogP contribution in [0, 0.1) is 0 Å². The fourth-order valence-corrected chi connectivity index (χ4v) is 1.96. The lowest BCUT2D eigenvalue weighted by Crippen LogP contribution is -2.13. The van der Waals surface area contributed by atoms with E-state index >= 15 is 0 Å². The molecule has 0 saturated heterocycles. The van der Waals surface area contributed by atoms with E-state index in [1.807, 2.05) is 6.92 Å². The van der Waals surface area contributed by atoms with Gasteiger partial charge in [-0.25, -0.2) is 4.79 Å². The topological polar surface area (TPSA) is 53.3 Å². The Bertz CT molecular complexity index is 388. The summed E-state index contributed by atoms with van der Waals surface area (Å²) in [5.41, 5.74) is 0.409. The Kier molecular flexibility index (Phi) is 2.22. The molecule has 1 unspecified atom stereocenters. The third-order valence-electron chi connectivity index (χ3n) is 2.02. The number of ether oxygens (including phenoxy) is 2. The number of halogens is 1. The number of aromatic nitrogens is 2. The second-order valence-electron chi connectivity index (χ2n) is 3.06. The zero-order valence-electron chi connectivity index (χ0n) is 7.78. The van der Waals surface area contributed by atoms with Crippen LogP contribution < -0.4 is 4.74 Å². The first-order valence-electron chi connectivity index (χ1n) is 4.14. The molecule has 6 heteroatoms. The van der Waals surface area contributed by atoms with Crippen molar-refractivity contribution < 1.29 is 14.3 Å². The molecule has 0 radical (unpaired) electrons. The molecule has 0 aromatic carbocycles. The summed E-state index contributed by atoms with van der Waals surface area (Å²) in [7, 11) is 1.34.